The minimum absolute atomic E-state index is 0.0699. The molecular formula is C11H19N3O2S. The average molecular weight is 257 g/mol. The number of rotatable bonds is 5. The minimum Gasteiger partial charge on any atom is -0.396 e. The first kappa shape index (κ1) is 13.9. The number of thiazole rings is 1. The monoisotopic (exact) mass is 257 g/mol. The van der Waals surface area contributed by atoms with Crippen molar-refractivity contribution >= 4 is 22.4 Å². The molecule has 17 heavy (non-hydrogen) atoms. The average Bonchev–Trinajstić information content (AvgIpc) is 2.68. The standard InChI is InChI=1S/C11H19N3O2S/c1-7(6-15)5-12-10(16)9-8(2)13-11(17-9)14(3)4/h7,15H,5-6H2,1-4H3,(H,12,16). The number of nitrogens with one attached hydrogen (secondary N) is 1. The second-order valence-corrected chi connectivity index (χ2v) is 5.28. The predicted octanol–water partition coefficient (Wildman–Crippen LogP) is 0.876. The van der Waals surface area contributed by atoms with Gasteiger partial charge in [-0.1, -0.05) is 18.3 Å². The molecule has 0 aliphatic carbocycles. The fraction of sp³-hybridized carbons (Fsp3) is 0.636. The maximum atomic E-state index is 11.9. The third-order valence-corrected chi connectivity index (χ3v) is 3.62. The Bertz CT molecular complexity index is 390. The van der Waals surface area contributed by atoms with E-state index in [4.69, 9.17) is 5.11 Å². The molecule has 0 fully saturated rings. The molecule has 0 saturated carbocycles. The van der Waals surface area contributed by atoms with Crippen molar-refractivity contribution in [2.24, 2.45) is 5.92 Å². The van der Waals surface area contributed by atoms with Crippen molar-refractivity contribution < 1.29 is 9.90 Å². The zero-order chi connectivity index (χ0) is 13.0. The normalized spacial score (nSPS) is 12.3. The number of amides is 1. The topological polar surface area (TPSA) is 65.5 Å². The van der Waals surface area contributed by atoms with Crippen molar-refractivity contribution in [3.05, 3.63) is 10.6 Å². The van der Waals surface area contributed by atoms with E-state index >= 15 is 0 Å². The molecule has 2 N–H and O–H groups in total. The van der Waals surface area contributed by atoms with Crippen LogP contribution in [0.25, 0.3) is 0 Å². The number of aliphatic hydroxyl groups excluding tert-OH is 1. The van der Waals surface area contributed by atoms with Gasteiger partial charge in [0.2, 0.25) is 0 Å². The van der Waals surface area contributed by atoms with Gasteiger partial charge in [-0.2, -0.15) is 0 Å². The molecule has 1 aromatic rings. The predicted molar refractivity (Wildman–Crippen MR) is 69.8 cm³/mol. The highest BCUT2D eigenvalue weighted by molar-refractivity contribution is 7.17. The molecule has 1 atom stereocenters. The van der Waals surface area contributed by atoms with Crippen molar-refractivity contribution in [1.29, 1.82) is 0 Å². The van der Waals surface area contributed by atoms with E-state index in [1.165, 1.54) is 11.3 Å². The smallest absolute Gasteiger partial charge is 0.263 e. The third kappa shape index (κ3) is 3.67. The number of carbonyl (C=O) groups is 1. The largest absolute Gasteiger partial charge is 0.396 e. The van der Waals surface area contributed by atoms with Gasteiger partial charge in [-0.05, 0) is 12.8 Å². The zero-order valence-corrected chi connectivity index (χ0v) is 11.5. The van der Waals surface area contributed by atoms with E-state index in [2.05, 4.69) is 10.3 Å². The Kier molecular flexibility index (Phi) is 4.89. The van der Waals surface area contributed by atoms with Crippen LogP contribution < -0.4 is 10.2 Å². The first-order valence-corrected chi connectivity index (χ1v) is 6.31. The molecule has 0 aliphatic heterocycles. The Labute approximate surface area is 105 Å². The van der Waals surface area contributed by atoms with Crippen LogP contribution in [0.2, 0.25) is 0 Å². The Morgan fingerprint density at radius 2 is 2.24 bits per heavy atom. The summed E-state index contributed by atoms with van der Waals surface area (Å²) in [6.45, 7) is 4.26. The molecule has 0 aromatic carbocycles. The summed E-state index contributed by atoms with van der Waals surface area (Å²) in [5.41, 5.74) is 0.743. The molecule has 1 aromatic heterocycles. The summed E-state index contributed by atoms with van der Waals surface area (Å²) in [6.07, 6.45) is 0. The molecule has 6 heteroatoms. The van der Waals surface area contributed by atoms with Crippen LogP contribution in [0.15, 0.2) is 0 Å². The second-order valence-electron chi connectivity index (χ2n) is 4.30. The van der Waals surface area contributed by atoms with Crippen LogP contribution in [0.5, 0.6) is 0 Å². The molecule has 1 rings (SSSR count). The van der Waals surface area contributed by atoms with Gasteiger partial charge in [-0.3, -0.25) is 4.79 Å². The summed E-state index contributed by atoms with van der Waals surface area (Å²) < 4.78 is 0. The Balaban J connectivity index is 2.69. The quantitative estimate of drug-likeness (QED) is 0.821. The van der Waals surface area contributed by atoms with Crippen molar-refractivity contribution in [3.63, 3.8) is 0 Å². The summed E-state index contributed by atoms with van der Waals surface area (Å²) in [4.78, 5) is 18.7. The number of anilines is 1. The Hall–Kier alpha value is -1.14. The Morgan fingerprint density at radius 1 is 1.59 bits per heavy atom. The lowest BCUT2D eigenvalue weighted by Gasteiger charge is -2.08. The van der Waals surface area contributed by atoms with E-state index in [9.17, 15) is 4.79 Å². The lowest BCUT2D eigenvalue weighted by Crippen LogP contribution is -2.29. The van der Waals surface area contributed by atoms with Crippen LogP contribution >= 0.6 is 11.3 Å². The summed E-state index contributed by atoms with van der Waals surface area (Å²) in [5.74, 6) is -0.0473. The number of hydrogen-bond donors (Lipinski definition) is 2. The summed E-state index contributed by atoms with van der Waals surface area (Å²) >= 11 is 1.38. The van der Waals surface area contributed by atoms with E-state index in [1.54, 1.807) is 0 Å². The van der Waals surface area contributed by atoms with E-state index in [1.807, 2.05) is 32.8 Å². The van der Waals surface area contributed by atoms with Gasteiger partial charge in [0.25, 0.3) is 5.91 Å². The fourth-order valence-electron chi connectivity index (χ4n) is 1.20. The Morgan fingerprint density at radius 3 is 2.71 bits per heavy atom. The molecular weight excluding hydrogens is 238 g/mol. The number of aryl methyl sites for hydroxylation is 1. The molecule has 0 aliphatic rings. The molecule has 0 radical (unpaired) electrons. The van der Waals surface area contributed by atoms with Gasteiger partial charge in [0, 0.05) is 27.2 Å². The first-order valence-electron chi connectivity index (χ1n) is 5.49. The van der Waals surface area contributed by atoms with Crippen molar-refractivity contribution in [2.75, 3.05) is 32.1 Å². The molecule has 0 bridgehead atoms. The van der Waals surface area contributed by atoms with E-state index in [0.717, 1.165) is 10.8 Å². The van der Waals surface area contributed by atoms with Gasteiger partial charge in [0.1, 0.15) is 4.88 Å². The summed E-state index contributed by atoms with van der Waals surface area (Å²) in [7, 11) is 3.79. The molecule has 1 unspecified atom stereocenters. The van der Waals surface area contributed by atoms with Crippen LogP contribution in [-0.2, 0) is 0 Å². The molecule has 1 amide bonds. The van der Waals surface area contributed by atoms with Crippen molar-refractivity contribution in [3.8, 4) is 0 Å². The van der Waals surface area contributed by atoms with Crippen LogP contribution in [0.1, 0.15) is 22.3 Å². The molecule has 5 nitrogen and oxygen atoms in total. The number of aromatic nitrogens is 1. The van der Waals surface area contributed by atoms with Gasteiger partial charge in [0.15, 0.2) is 5.13 Å². The second kappa shape index (κ2) is 5.97. The van der Waals surface area contributed by atoms with Gasteiger partial charge < -0.3 is 15.3 Å². The molecule has 0 spiro atoms. The van der Waals surface area contributed by atoms with Crippen LogP contribution in [-0.4, -0.2) is 43.2 Å². The molecule has 0 saturated heterocycles. The van der Waals surface area contributed by atoms with Crippen LogP contribution in [0.3, 0.4) is 0 Å². The minimum atomic E-state index is -0.117. The lowest BCUT2D eigenvalue weighted by atomic mass is 10.2. The number of nitrogens with zero attached hydrogens (tertiary/aromatic N) is 2. The van der Waals surface area contributed by atoms with Gasteiger partial charge in [-0.15, -0.1) is 0 Å². The van der Waals surface area contributed by atoms with Crippen molar-refractivity contribution in [1.82, 2.24) is 10.3 Å². The summed E-state index contributed by atoms with van der Waals surface area (Å²) in [6, 6.07) is 0. The number of hydrogen-bond acceptors (Lipinski definition) is 5. The summed E-state index contributed by atoms with van der Waals surface area (Å²) in [5, 5.41) is 12.5. The highest BCUT2D eigenvalue weighted by Gasteiger charge is 2.16. The van der Waals surface area contributed by atoms with Crippen LogP contribution in [0, 0.1) is 12.8 Å². The van der Waals surface area contributed by atoms with E-state index in [0.29, 0.717) is 11.4 Å². The van der Waals surface area contributed by atoms with Gasteiger partial charge >= 0.3 is 0 Å². The van der Waals surface area contributed by atoms with E-state index in [-0.39, 0.29) is 18.4 Å². The fourth-order valence-corrected chi connectivity index (χ4v) is 2.10. The molecule has 96 valence electrons. The highest BCUT2D eigenvalue weighted by Crippen LogP contribution is 2.24. The van der Waals surface area contributed by atoms with Crippen molar-refractivity contribution in [2.45, 2.75) is 13.8 Å². The SMILES string of the molecule is Cc1nc(N(C)C)sc1C(=O)NCC(C)CO. The lowest BCUT2D eigenvalue weighted by molar-refractivity contribution is 0.0945. The van der Waals surface area contributed by atoms with Gasteiger partial charge in [0.05, 0.1) is 5.69 Å². The van der Waals surface area contributed by atoms with Crippen LogP contribution in [0.4, 0.5) is 5.13 Å². The first-order chi connectivity index (χ1) is 7.95. The molecule has 1 heterocycles. The third-order valence-electron chi connectivity index (χ3n) is 2.30. The number of aliphatic hydroxyl groups is 1. The van der Waals surface area contributed by atoms with E-state index < -0.39 is 0 Å². The highest BCUT2D eigenvalue weighted by atomic mass is 32.1. The van der Waals surface area contributed by atoms with Gasteiger partial charge in [-0.25, -0.2) is 4.98 Å². The maximum absolute atomic E-state index is 11.9. The zero-order valence-electron chi connectivity index (χ0n) is 10.6. The number of carbonyl (C=O) groups excluding carboxylic acids is 1. The maximum Gasteiger partial charge on any atom is 0.263 e.